The van der Waals surface area contributed by atoms with E-state index in [0.29, 0.717) is 18.7 Å². The van der Waals surface area contributed by atoms with Crippen LogP contribution in [0.4, 0.5) is 8.78 Å². The second kappa shape index (κ2) is 5.53. The summed E-state index contributed by atoms with van der Waals surface area (Å²) in [5.74, 6) is -1.66. The van der Waals surface area contributed by atoms with Crippen molar-refractivity contribution in [3.8, 4) is 0 Å². The smallest absolute Gasteiger partial charge is 0.163 e. The minimum absolute atomic E-state index is 0.0547. The SMILES string of the molecule is CC(NCC1COC(C)(C)O1)c1ccc(F)cc1F. The van der Waals surface area contributed by atoms with E-state index in [-0.39, 0.29) is 12.1 Å². The maximum atomic E-state index is 13.6. The highest BCUT2D eigenvalue weighted by atomic mass is 19.1. The standard InChI is InChI=1S/C14H19F2NO2/c1-9(12-5-4-10(15)6-13(12)16)17-7-11-8-18-14(2,3)19-11/h4-6,9,11,17H,7-8H2,1-3H3. The molecule has 1 N–H and O–H groups in total. The maximum Gasteiger partial charge on any atom is 0.163 e. The van der Waals surface area contributed by atoms with Crippen LogP contribution in [0.25, 0.3) is 0 Å². The molecule has 0 amide bonds. The molecule has 1 aliphatic rings. The summed E-state index contributed by atoms with van der Waals surface area (Å²) >= 11 is 0. The molecular formula is C14H19F2NO2. The van der Waals surface area contributed by atoms with Crippen molar-refractivity contribution >= 4 is 0 Å². The summed E-state index contributed by atoms with van der Waals surface area (Å²) in [4.78, 5) is 0. The minimum atomic E-state index is -0.567. The lowest BCUT2D eigenvalue weighted by atomic mass is 10.1. The molecule has 1 aromatic rings. The molecule has 0 spiro atoms. The molecule has 1 aromatic carbocycles. The summed E-state index contributed by atoms with van der Waals surface area (Å²) in [6.45, 7) is 6.61. The van der Waals surface area contributed by atoms with E-state index in [1.54, 1.807) is 0 Å². The predicted octanol–water partition coefficient (Wildman–Crippen LogP) is 2.77. The quantitative estimate of drug-likeness (QED) is 0.913. The van der Waals surface area contributed by atoms with Crippen LogP contribution >= 0.6 is 0 Å². The lowest BCUT2D eigenvalue weighted by Gasteiger charge is -2.19. The van der Waals surface area contributed by atoms with E-state index in [2.05, 4.69) is 5.32 Å². The fourth-order valence-electron chi connectivity index (χ4n) is 2.13. The van der Waals surface area contributed by atoms with Crippen LogP contribution in [-0.2, 0) is 9.47 Å². The Balaban J connectivity index is 1.89. The lowest BCUT2D eigenvalue weighted by molar-refractivity contribution is -0.137. The van der Waals surface area contributed by atoms with Crippen LogP contribution < -0.4 is 5.32 Å². The highest BCUT2D eigenvalue weighted by Gasteiger charge is 2.32. The largest absolute Gasteiger partial charge is 0.348 e. The first kappa shape index (κ1) is 14.4. The average Bonchev–Trinajstić information content (AvgIpc) is 2.66. The van der Waals surface area contributed by atoms with Crippen LogP contribution in [0.1, 0.15) is 32.4 Å². The van der Waals surface area contributed by atoms with E-state index in [4.69, 9.17) is 9.47 Å². The van der Waals surface area contributed by atoms with Gasteiger partial charge in [-0.1, -0.05) is 6.07 Å². The Bertz CT molecular complexity index is 451. The third-order valence-electron chi connectivity index (χ3n) is 3.15. The molecule has 3 nitrogen and oxygen atoms in total. The van der Waals surface area contributed by atoms with E-state index in [9.17, 15) is 8.78 Å². The van der Waals surface area contributed by atoms with Crippen molar-refractivity contribution < 1.29 is 18.3 Å². The number of nitrogens with one attached hydrogen (secondary N) is 1. The molecular weight excluding hydrogens is 252 g/mol. The van der Waals surface area contributed by atoms with Crippen molar-refractivity contribution in [2.45, 2.75) is 38.7 Å². The number of ether oxygens (including phenoxy) is 2. The van der Waals surface area contributed by atoms with Crippen molar-refractivity contribution in [3.05, 3.63) is 35.4 Å². The summed E-state index contributed by atoms with van der Waals surface area (Å²) in [6.07, 6.45) is -0.0547. The summed E-state index contributed by atoms with van der Waals surface area (Å²) < 4.78 is 37.5. The van der Waals surface area contributed by atoms with Crippen LogP contribution in [-0.4, -0.2) is 25.0 Å². The summed E-state index contributed by atoms with van der Waals surface area (Å²) in [6, 6.07) is 3.40. The predicted molar refractivity (Wildman–Crippen MR) is 67.7 cm³/mol. The molecule has 2 rings (SSSR count). The fraction of sp³-hybridized carbons (Fsp3) is 0.571. The van der Waals surface area contributed by atoms with Gasteiger partial charge in [0, 0.05) is 24.2 Å². The van der Waals surface area contributed by atoms with Gasteiger partial charge in [0.15, 0.2) is 5.79 Å². The topological polar surface area (TPSA) is 30.5 Å². The number of halogens is 2. The Hall–Kier alpha value is -1.04. The molecule has 0 aromatic heterocycles. The highest BCUT2D eigenvalue weighted by molar-refractivity contribution is 5.21. The van der Waals surface area contributed by atoms with Gasteiger partial charge in [-0.3, -0.25) is 0 Å². The van der Waals surface area contributed by atoms with Crippen LogP contribution in [0.15, 0.2) is 18.2 Å². The Morgan fingerprint density at radius 3 is 2.74 bits per heavy atom. The fourth-order valence-corrected chi connectivity index (χ4v) is 2.13. The third-order valence-corrected chi connectivity index (χ3v) is 3.15. The van der Waals surface area contributed by atoms with Gasteiger partial charge in [-0.25, -0.2) is 8.78 Å². The Morgan fingerprint density at radius 1 is 1.42 bits per heavy atom. The van der Waals surface area contributed by atoms with Crippen LogP contribution in [0.3, 0.4) is 0 Å². The molecule has 2 unspecified atom stereocenters. The zero-order chi connectivity index (χ0) is 14.0. The molecule has 0 aliphatic carbocycles. The normalized spacial score (nSPS) is 23.5. The molecule has 1 heterocycles. The van der Waals surface area contributed by atoms with Crippen molar-refractivity contribution in [1.29, 1.82) is 0 Å². The number of hydrogen-bond acceptors (Lipinski definition) is 3. The van der Waals surface area contributed by atoms with E-state index in [1.807, 2.05) is 20.8 Å². The Kier molecular flexibility index (Phi) is 4.18. The van der Waals surface area contributed by atoms with Gasteiger partial charge in [0.05, 0.1) is 12.7 Å². The van der Waals surface area contributed by atoms with Crippen molar-refractivity contribution in [2.75, 3.05) is 13.2 Å². The summed E-state index contributed by atoms with van der Waals surface area (Å²) in [7, 11) is 0. The molecule has 0 radical (unpaired) electrons. The Labute approximate surface area is 111 Å². The highest BCUT2D eigenvalue weighted by Crippen LogP contribution is 2.23. The minimum Gasteiger partial charge on any atom is -0.348 e. The van der Waals surface area contributed by atoms with Gasteiger partial charge in [-0.2, -0.15) is 0 Å². The summed E-state index contributed by atoms with van der Waals surface area (Å²) in [5, 5.41) is 3.17. The van der Waals surface area contributed by atoms with Gasteiger partial charge in [0.1, 0.15) is 11.6 Å². The first-order chi connectivity index (χ1) is 8.87. The van der Waals surface area contributed by atoms with E-state index in [1.165, 1.54) is 12.1 Å². The van der Waals surface area contributed by atoms with Gasteiger partial charge in [-0.05, 0) is 26.8 Å². The van der Waals surface area contributed by atoms with Crippen LogP contribution in [0.5, 0.6) is 0 Å². The zero-order valence-electron chi connectivity index (χ0n) is 11.4. The van der Waals surface area contributed by atoms with Gasteiger partial charge in [0.2, 0.25) is 0 Å². The third kappa shape index (κ3) is 3.72. The van der Waals surface area contributed by atoms with Gasteiger partial charge >= 0.3 is 0 Å². The number of benzene rings is 1. The maximum absolute atomic E-state index is 13.6. The number of rotatable bonds is 4. The first-order valence-corrected chi connectivity index (χ1v) is 6.37. The monoisotopic (exact) mass is 271 g/mol. The Morgan fingerprint density at radius 2 is 2.16 bits per heavy atom. The van der Waals surface area contributed by atoms with Crippen molar-refractivity contribution in [3.63, 3.8) is 0 Å². The van der Waals surface area contributed by atoms with Crippen LogP contribution in [0, 0.1) is 11.6 Å². The van der Waals surface area contributed by atoms with E-state index < -0.39 is 17.4 Å². The summed E-state index contributed by atoms with van der Waals surface area (Å²) in [5.41, 5.74) is 0.444. The van der Waals surface area contributed by atoms with E-state index >= 15 is 0 Å². The number of hydrogen-bond donors (Lipinski definition) is 1. The van der Waals surface area contributed by atoms with Crippen LogP contribution in [0.2, 0.25) is 0 Å². The molecule has 19 heavy (non-hydrogen) atoms. The average molecular weight is 271 g/mol. The second-order valence-electron chi connectivity index (χ2n) is 5.25. The molecule has 2 atom stereocenters. The molecule has 106 valence electrons. The molecule has 5 heteroatoms. The molecule has 1 fully saturated rings. The molecule has 0 saturated carbocycles. The van der Waals surface area contributed by atoms with Gasteiger partial charge < -0.3 is 14.8 Å². The van der Waals surface area contributed by atoms with E-state index in [0.717, 1.165) is 6.07 Å². The first-order valence-electron chi connectivity index (χ1n) is 6.37. The van der Waals surface area contributed by atoms with Gasteiger partial charge in [0.25, 0.3) is 0 Å². The molecule has 0 bridgehead atoms. The zero-order valence-corrected chi connectivity index (χ0v) is 11.4. The van der Waals surface area contributed by atoms with Crippen molar-refractivity contribution in [2.24, 2.45) is 0 Å². The second-order valence-corrected chi connectivity index (χ2v) is 5.25. The molecule has 1 saturated heterocycles. The molecule has 1 aliphatic heterocycles. The lowest BCUT2D eigenvalue weighted by Crippen LogP contribution is -2.32. The van der Waals surface area contributed by atoms with Gasteiger partial charge in [-0.15, -0.1) is 0 Å². The van der Waals surface area contributed by atoms with Crippen molar-refractivity contribution in [1.82, 2.24) is 5.32 Å².